The molecule has 0 aromatic carbocycles. The summed E-state index contributed by atoms with van der Waals surface area (Å²) in [6.45, 7) is 10.9. The van der Waals surface area contributed by atoms with E-state index in [1.54, 1.807) is 0 Å². The van der Waals surface area contributed by atoms with E-state index in [2.05, 4.69) is 19.9 Å². The third-order valence-electron chi connectivity index (χ3n) is 10.2. The highest BCUT2D eigenvalue weighted by Crippen LogP contribution is 2.70. The largest absolute Gasteiger partial charge is 0.462 e. The molecular weight excluding hydrogens is 448 g/mol. The van der Waals surface area contributed by atoms with E-state index in [1.807, 2.05) is 13.8 Å². The van der Waals surface area contributed by atoms with E-state index in [0.717, 1.165) is 44.9 Å². The molecule has 8 atom stereocenters. The van der Waals surface area contributed by atoms with Crippen molar-refractivity contribution in [1.29, 1.82) is 0 Å². The van der Waals surface area contributed by atoms with Gasteiger partial charge in [0.05, 0.1) is 6.10 Å². The molecule has 194 valence electrons. The van der Waals surface area contributed by atoms with E-state index in [0.29, 0.717) is 11.8 Å². The SMILES string of the molecule is CC(=O)OCC(=O)[C@@]12OC(C)(C)O[C@@H]1C[C@H]1[C@H]3CC=C4C[C@@H](OC(C)=O)CC[C@]4(C)[C@@H]3CC[C@@]12C. The summed E-state index contributed by atoms with van der Waals surface area (Å²) < 4.78 is 23.7. The minimum absolute atomic E-state index is 0.0192. The first-order valence-electron chi connectivity index (χ1n) is 13.2. The Morgan fingerprint density at radius 2 is 1.77 bits per heavy atom. The van der Waals surface area contributed by atoms with Crippen LogP contribution in [-0.4, -0.2) is 47.9 Å². The second-order valence-electron chi connectivity index (χ2n) is 12.5. The molecule has 0 N–H and O–H groups in total. The van der Waals surface area contributed by atoms with E-state index in [1.165, 1.54) is 19.4 Å². The Morgan fingerprint density at radius 3 is 2.46 bits per heavy atom. The van der Waals surface area contributed by atoms with Crippen LogP contribution in [0, 0.1) is 28.6 Å². The molecule has 4 aliphatic carbocycles. The molecule has 0 bridgehead atoms. The molecule has 0 aromatic heterocycles. The summed E-state index contributed by atoms with van der Waals surface area (Å²) in [7, 11) is 0. The van der Waals surface area contributed by atoms with Crippen molar-refractivity contribution >= 4 is 17.7 Å². The second kappa shape index (κ2) is 8.14. The van der Waals surface area contributed by atoms with Gasteiger partial charge in [-0.05, 0) is 75.5 Å². The minimum Gasteiger partial charge on any atom is -0.462 e. The first-order valence-corrected chi connectivity index (χ1v) is 13.2. The molecule has 7 nitrogen and oxygen atoms in total. The molecule has 0 spiro atoms. The summed E-state index contributed by atoms with van der Waals surface area (Å²) in [5.74, 6) is -0.461. The number of rotatable bonds is 4. The standard InChI is InChI=1S/C28H40O7/c1-16(29)32-15-23(31)28-24(34-25(3,4)35-28)14-22-20-8-7-18-13-19(33-17(2)30)9-11-26(18,5)21(20)10-12-27(22,28)6/h7,19-22,24H,8-15H2,1-6H3/t19-,20-,21+,22-,24+,26-,27-,28+/m0/s1. The lowest BCUT2D eigenvalue weighted by Gasteiger charge is -2.59. The van der Waals surface area contributed by atoms with Gasteiger partial charge in [-0.2, -0.15) is 0 Å². The molecule has 3 saturated carbocycles. The quantitative estimate of drug-likeness (QED) is 0.425. The van der Waals surface area contributed by atoms with Crippen LogP contribution in [0.5, 0.6) is 0 Å². The molecule has 5 rings (SSSR count). The Bertz CT molecular complexity index is 968. The summed E-state index contributed by atoms with van der Waals surface area (Å²) in [4.78, 5) is 36.8. The van der Waals surface area contributed by atoms with Gasteiger partial charge in [0, 0.05) is 25.7 Å². The normalized spacial score (nSPS) is 45.3. The number of allylic oxidation sites excluding steroid dienone is 1. The third kappa shape index (κ3) is 3.63. The van der Waals surface area contributed by atoms with Crippen LogP contribution in [0.25, 0.3) is 0 Å². The summed E-state index contributed by atoms with van der Waals surface area (Å²) in [6, 6.07) is 0. The van der Waals surface area contributed by atoms with Gasteiger partial charge in [0.15, 0.2) is 18.0 Å². The smallest absolute Gasteiger partial charge is 0.303 e. The lowest BCUT2D eigenvalue weighted by molar-refractivity contribution is -0.215. The van der Waals surface area contributed by atoms with Crippen LogP contribution in [0.2, 0.25) is 0 Å². The fourth-order valence-corrected chi connectivity index (χ4v) is 8.84. The van der Waals surface area contributed by atoms with Crippen molar-refractivity contribution in [3.63, 3.8) is 0 Å². The van der Waals surface area contributed by atoms with Gasteiger partial charge >= 0.3 is 11.9 Å². The van der Waals surface area contributed by atoms with Crippen LogP contribution in [0.3, 0.4) is 0 Å². The van der Waals surface area contributed by atoms with Crippen molar-refractivity contribution in [3.05, 3.63) is 11.6 Å². The van der Waals surface area contributed by atoms with Gasteiger partial charge in [0.2, 0.25) is 5.78 Å². The van der Waals surface area contributed by atoms with Crippen molar-refractivity contribution < 1.29 is 33.3 Å². The van der Waals surface area contributed by atoms with Gasteiger partial charge in [-0.3, -0.25) is 14.4 Å². The Kier molecular flexibility index (Phi) is 5.80. The first-order chi connectivity index (χ1) is 16.3. The fourth-order valence-electron chi connectivity index (χ4n) is 8.84. The molecule has 35 heavy (non-hydrogen) atoms. The van der Waals surface area contributed by atoms with E-state index < -0.39 is 17.4 Å². The Hall–Kier alpha value is -1.73. The topological polar surface area (TPSA) is 88.1 Å². The molecule has 1 saturated heterocycles. The molecule has 0 unspecified atom stereocenters. The molecule has 0 aromatic rings. The number of ketones is 1. The molecule has 1 aliphatic heterocycles. The number of ether oxygens (including phenoxy) is 4. The zero-order chi connectivity index (χ0) is 25.4. The first kappa shape index (κ1) is 24.9. The molecule has 7 heteroatoms. The van der Waals surface area contributed by atoms with Crippen LogP contribution < -0.4 is 0 Å². The van der Waals surface area contributed by atoms with E-state index in [-0.39, 0.29) is 47.3 Å². The predicted octanol–water partition coefficient (Wildman–Crippen LogP) is 4.51. The van der Waals surface area contributed by atoms with Crippen molar-refractivity contribution in [2.45, 2.75) is 110 Å². The number of hydrogen-bond donors (Lipinski definition) is 0. The van der Waals surface area contributed by atoms with E-state index in [9.17, 15) is 14.4 Å². The van der Waals surface area contributed by atoms with Gasteiger partial charge in [0.1, 0.15) is 6.10 Å². The number of hydrogen-bond acceptors (Lipinski definition) is 7. The molecule has 0 amide bonds. The molecule has 4 fully saturated rings. The Labute approximate surface area is 208 Å². The number of carbonyl (C=O) groups excluding carboxylic acids is 3. The number of fused-ring (bicyclic) bond motifs is 7. The lowest BCUT2D eigenvalue weighted by atomic mass is 9.46. The lowest BCUT2D eigenvalue weighted by Crippen LogP contribution is -2.61. The highest BCUT2D eigenvalue weighted by molar-refractivity contribution is 5.92. The number of Topliss-reactive ketones (excluding diaryl/α,β-unsaturated/α-hetero) is 1. The van der Waals surface area contributed by atoms with Crippen molar-refractivity contribution in [1.82, 2.24) is 0 Å². The van der Waals surface area contributed by atoms with Crippen molar-refractivity contribution in [2.75, 3.05) is 6.61 Å². The maximum absolute atomic E-state index is 13.7. The van der Waals surface area contributed by atoms with Crippen LogP contribution in [0.4, 0.5) is 0 Å². The minimum atomic E-state index is -1.10. The van der Waals surface area contributed by atoms with Crippen LogP contribution in [-0.2, 0) is 33.3 Å². The predicted molar refractivity (Wildman–Crippen MR) is 127 cm³/mol. The van der Waals surface area contributed by atoms with Crippen LogP contribution in [0.15, 0.2) is 11.6 Å². The molecule has 1 heterocycles. The second-order valence-corrected chi connectivity index (χ2v) is 12.5. The van der Waals surface area contributed by atoms with Gasteiger partial charge in [-0.25, -0.2) is 0 Å². The Balaban J connectivity index is 1.46. The van der Waals surface area contributed by atoms with Gasteiger partial charge in [-0.15, -0.1) is 0 Å². The maximum Gasteiger partial charge on any atom is 0.303 e. The average molecular weight is 489 g/mol. The zero-order valence-electron chi connectivity index (χ0n) is 22.0. The van der Waals surface area contributed by atoms with Crippen molar-refractivity contribution in [2.24, 2.45) is 28.6 Å². The number of esters is 2. The monoisotopic (exact) mass is 488 g/mol. The zero-order valence-corrected chi connectivity index (χ0v) is 22.0. The summed E-state index contributed by atoms with van der Waals surface area (Å²) in [5, 5.41) is 0. The van der Waals surface area contributed by atoms with Crippen LogP contribution in [0.1, 0.15) is 86.5 Å². The molecule has 5 aliphatic rings. The van der Waals surface area contributed by atoms with Crippen LogP contribution >= 0.6 is 0 Å². The maximum atomic E-state index is 13.7. The summed E-state index contributed by atoms with van der Waals surface area (Å²) in [5.41, 5.74) is 0.0429. The molecule has 0 radical (unpaired) electrons. The third-order valence-corrected chi connectivity index (χ3v) is 10.2. The summed E-state index contributed by atoms with van der Waals surface area (Å²) >= 11 is 0. The van der Waals surface area contributed by atoms with E-state index in [4.69, 9.17) is 18.9 Å². The van der Waals surface area contributed by atoms with Gasteiger partial charge in [-0.1, -0.05) is 25.5 Å². The summed E-state index contributed by atoms with van der Waals surface area (Å²) in [6.07, 6.45) is 8.41. The van der Waals surface area contributed by atoms with Crippen molar-refractivity contribution in [3.8, 4) is 0 Å². The van der Waals surface area contributed by atoms with E-state index >= 15 is 0 Å². The fraction of sp³-hybridized carbons (Fsp3) is 0.821. The average Bonchev–Trinajstić information content (AvgIpc) is 3.17. The Morgan fingerprint density at radius 1 is 1.03 bits per heavy atom. The highest BCUT2D eigenvalue weighted by Gasteiger charge is 2.75. The molecular formula is C28H40O7. The number of carbonyl (C=O) groups is 3. The van der Waals surface area contributed by atoms with Gasteiger partial charge < -0.3 is 18.9 Å². The highest BCUT2D eigenvalue weighted by atomic mass is 16.8. The van der Waals surface area contributed by atoms with Gasteiger partial charge in [0.25, 0.3) is 0 Å².